The van der Waals surface area contributed by atoms with Gasteiger partial charge in [-0.2, -0.15) is 10.1 Å². The van der Waals surface area contributed by atoms with Gasteiger partial charge in [0.15, 0.2) is 11.8 Å². The van der Waals surface area contributed by atoms with Crippen molar-refractivity contribution in [1.82, 2.24) is 39.7 Å². The van der Waals surface area contributed by atoms with E-state index in [1.165, 1.54) is 17.2 Å². The van der Waals surface area contributed by atoms with Gasteiger partial charge >= 0.3 is 6.09 Å². The Morgan fingerprint density at radius 2 is 1.81 bits per heavy atom. The molecule has 0 atom stereocenters. The number of aliphatic hydroxyl groups is 1. The third kappa shape index (κ3) is 7.37. The number of benzene rings is 2. The summed E-state index contributed by atoms with van der Waals surface area (Å²) in [5, 5.41) is 23.0. The molecule has 1 aliphatic rings. The molecule has 2 aromatic carbocycles. The highest BCUT2D eigenvalue weighted by Crippen LogP contribution is 2.30. The molecule has 1 saturated heterocycles. The van der Waals surface area contributed by atoms with Crippen LogP contribution in [0.5, 0.6) is 0 Å². The average Bonchev–Trinajstić information content (AvgIpc) is 3.68. The molecule has 13 nitrogen and oxygen atoms in total. The molecule has 1 fully saturated rings. The van der Waals surface area contributed by atoms with Gasteiger partial charge in [0.1, 0.15) is 11.1 Å². The van der Waals surface area contributed by atoms with Crippen molar-refractivity contribution in [3.63, 3.8) is 0 Å². The summed E-state index contributed by atoms with van der Waals surface area (Å²) in [4.78, 5) is 36.5. The van der Waals surface area contributed by atoms with Crippen molar-refractivity contribution in [1.29, 1.82) is 0 Å². The van der Waals surface area contributed by atoms with E-state index in [1.54, 1.807) is 11.7 Å². The molecule has 47 heavy (non-hydrogen) atoms. The average molecular weight is 661 g/mol. The molecule has 0 radical (unpaired) electrons. The molecule has 5 aromatic rings. The van der Waals surface area contributed by atoms with Crippen molar-refractivity contribution >= 4 is 28.7 Å². The van der Waals surface area contributed by atoms with Crippen molar-refractivity contribution in [2.24, 2.45) is 7.05 Å². The number of fused-ring (bicyclic) bond motifs is 1. The Morgan fingerprint density at radius 3 is 2.47 bits per heavy atom. The summed E-state index contributed by atoms with van der Waals surface area (Å²) in [6.07, 6.45) is 3.32. The molecule has 6 rings (SSSR count). The maximum atomic E-state index is 13.5. The normalized spacial score (nSPS) is 15.2. The van der Waals surface area contributed by atoms with Crippen molar-refractivity contribution in [2.75, 3.05) is 13.1 Å². The van der Waals surface area contributed by atoms with Crippen LogP contribution in [0.25, 0.3) is 33.7 Å². The predicted octanol–water partition coefficient (Wildman–Crippen LogP) is 4.55. The van der Waals surface area contributed by atoms with E-state index < -0.39 is 17.3 Å². The van der Waals surface area contributed by atoms with E-state index in [0.717, 1.165) is 22.3 Å². The number of amides is 1. The minimum atomic E-state index is -1.07. The maximum Gasteiger partial charge on any atom is 0.407 e. The molecule has 246 valence electrons. The number of nitrogens with zero attached hydrogens (tertiary/aromatic N) is 7. The minimum Gasteiger partial charge on any atom is -0.444 e. The molecular weight excluding hydrogens is 624 g/mol. The number of rotatable bonds is 8. The zero-order chi connectivity index (χ0) is 33.3. The Balaban J connectivity index is 1.10. The number of ether oxygens (including phenoxy) is 1. The first-order valence-corrected chi connectivity index (χ1v) is 15.7. The molecule has 0 bridgehead atoms. The van der Waals surface area contributed by atoms with Gasteiger partial charge in [-0.3, -0.25) is 18.9 Å². The van der Waals surface area contributed by atoms with Crippen molar-refractivity contribution in [2.45, 2.75) is 64.4 Å². The molecule has 14 heteroatoms. The van der Waals surface area contributed by atoms with Crippen LogP contribution in [0.15, 0.2) is 64.4 Å². The standard InChI is InChI=1S/C33H37ClN8O5/c1-32(2,3)46-31(44)35-16-21-5-7-22(8-6-21)28-26-27(39-40(28)4)30(43)42(20-37-26)18-33(45)11-13-41(14-12-33)17-24-10-9-23(15-25(24)34)29-36-19-38-47-29/h5-10,15,19-20,45H,11-14,16-18H2,1-4H3,(H,35,44). The second kappa shape index (κ2) is 12.9. The van der Waals surface area contributed by atoms with Crippen LogP contribution in [0.1, 0.15) is 44.7 Å². The van der Waals surface area contributed by atoms with Gasteiger partial charge in [0.25, 0.3) is 11.4 Å². The lowest BCUT2D eigenvalue weighted by Gasteiger charge is -2.38. The molecule has 1 aliphatic heterocycles. The number of aryl methyl sites for hydroxylation is 1. The van der Waals surface area contributed by atoms with Crippen LogP contribution in [0, 0.1) is 0 Å². The molecule has 0 spiro atoms. The first-order chi connectivity index (χ1) is 22.4. The van der Waals surface area contributed by atoms with Gasteiger partial charge in [-0.15, -0.1) is 0 Å². The van der Waals surface area contributed by atoms with Crippen LogP contribution in [0.4, 0.5) is 4.79 Å². The fourth-order valence-corrected chi connectivity index (χ4v) is 5.99. The highest BCUT2D eigenvalue weighted by Gasteiger charge is 2.34. The number of likely N-dealkylation sites (tertiary alicyclic amines) is 1. The number of hydrogen-bond donors (Lipinski definition) is 2. The summed E-state index contributed by atoms with van der Waals surface area (Å²) in [6.45, 7) is 7.78. The Hall–Kier alpha value is -4.59. The van der Waals surface area contributed by atoms with Crippen LogP contribution in [0.3, 0.4) is 0 Å². The van der Waals surface area contributed by atoms with E-state index in [-0.39, 0.29) is 17.6 Å². The topological polar surface area (TPSA) is 153 Å². The fraction of sp³-hybridized carbons (Fsp3) is 0.394. The van der Waals surface area contributed by atoms with Gasteiger partial charge in [-0.25, -0.2) is 9.78 Å². The molecule has 3 aromatic heterocycles. The van der Waals surface area contributed by atoms with E-state index in [4.69, 9.17) is 20.9 Å². The first-order valence-electron chi connectivity index (χ1n) is 15.4. The Kier molecular flexibility index (Phi) is 8.88. The van der Waals surface area contributed by atoms with Crippen LogP contribution >= 0.6 is 11.6 Å². The van der Waals surface area contributed by atoms with Crippen molar-refractivity contribution in [3.8, 4) is 22.7 Å². The molecule has 0 aliphatic carbocycles. The number of halogens is 1. The van der Waals surface area contributed by atoms with Crippen LogP contribution in [-0.2, 0) is 31.4 Å². The molecule has 0 saturated carbocycles. The summed E-state index contributed by atoms with van der Waals surface area (Å²) < 4.78 is 13.5. The number of nitrogens with one attached hydrogen (secondary N) is 1. The van der Waals surface area contributed by atoms with Crippen LogP contribution < -0.4 is 10.9 Å². The molecule has 4 heterocycles. The van der Waals surface area contributed by atoms with Crippen LogP contribution in [-0.4, -0.2) is 69.9 Å². The van der Waals surface area contributed by atoms with E-state index in [2.05, 4.69) is 30.4 Å². The van der Waals surface area contributed by atoms with Gasteiger partial charge in [0.05, 0.1) is 24.2 Å². The Morgan fingerprint density at radius 1 is 1.09 bits per heavy atom. The number of piperidine rings is 1. The minimum absolute atomic E-state index is 0.119. The van der Waals surface area contributed by atoms with E-state index >= 15 is 0 Å². The Labute approximate surface area is 276 Å². The largest absolute Gasteiger partial charge is 0.444 e. The fourth-order valence-electron chi connectivity index (χ4n) is 5.75. The third-order valence-electron chi connectivity index (χ3n) is 8.18. The number of carbonyl (C=O) groups excluding carboxylic acids is 1. The maximum absolute atomic E-state index is 13.5. The highest BCUT2D eigenvalue weighted by atomic mass is 35.5. The zero-order valence-corrected chi connectivity index (χ0v) is 27.5. The Bertz CT molecular complexity index is 1940. The van der Waals surface area contributed by atoms with Gasteiger partial charge in [0, 0.05) is 49.4 Å². The lowest BCUT2D eigenvalue weighted by molar-refractivity contribution is -0.0364. The second-order valence-corrected chi connectivity index (χ2v) is 13.4. The number of hydrogen-bond acceptors (Lipinski definition) is 10. The second-order valence-electron chi connectivity index (χ2n) is 13.0. The van der Waals surface area contributed by atoms with Gasteiger partial charge in [-0.05, 0) is 56.9 Å². The smallest absolute Gasteiger partial charge is 0.407 e. The van der Waals surface area contributed by atoms with Gasteiger partial charge in [0.2, 0.25) is 0 Å². The van der Waals surface area contributed by atoms with Crippen molar-refractivity contribution < 1.29 is 19.2 Å². The predicted molar refractivity (Wildman–Crippen MR) is 175 cm³/mol. The summed E-state index contributed by atoms with van der Waals surface area (Å²) >= 11 is 6.56. The summed E-state index contributed by atoms with van der Waals surface area (Å²) in [7, 11) is 1.77. The zero-order valence-electron chi connectivity index (χ0n) is 26.7. The first kappa shape index (κ1) is 32.4. The number of alkyl carbamates (subject to hydrolysis) is 1. The molecule has 0 unspecified atom stereocenters. The van der Waals surface area contributed by atoms with E-state index in [9.17, 15) is 14.7 Å². The SMILES string of the molecule is Cn1nc2c(=O)n(CC3(O)CCN(Cc4ccc(-c5ncno5)cc4Cl)CC3)cnc2c1-c1ccc(CNC(=O)OC(C)(C)C)cc1. The highest BCUT2D eigenvalue weighted by molar-refractivity contribution is 6.31. The quantitative estimate of drug-likeness (QED) is 0.242. The lowest BCUT2D eigenvalue weighted by atomic mass is 9.91. The summed E-state index contributed by atoms with van der Waals surface area (Å²) in [5.74, 6) is 0.409. The van der Waals surface area contributed by atoms with Gasteiger partial charge in [-0.1, -0.05) is 47.1 Å². The van der Waals surface area contributed by atoms with Gasteiger partial charge < -0.3 is 19.7 Å². The van der Waals surface area contributed by atoms with Crippen molar-refractivity contribution in [3.05, 3.63) is 81.6 Å². The summed E-state index contributed by atoms with van der Waals surface area (Å²) in [5.41, 5.74) is 2.91. The molecule has 1 amide bonds. The number of carbonyl (C=O) groups is 1. The van der Waals surface area contributed by atoms with E-state index in [0.29, 0.717) is 61.1 Å². The lowest BCUT2D eigenvalue weighted by Crippen LogP contribution is -2.47. The van der Waals surface area contributed by atoms with E-state index in [1.807, 2.05) is 63.2 Å². The van der Waals surface area contributed by atoms with Crippen LogP contribution in [0.2, 0.25) is 5.02 Å². The molecule has 2 N–H and O–H groups in total. The molecular formula is C33H37ClN8O5. The third-order valence-corrected chi connectivity index (χ3v) is 8.53. The summed E-state index contributed by atoms with van der Waals surface area (Å²) in [6, 6.07) is 13.3. The number of aromatic nitrogens is 6. The monoisotopic (exact) mass is 660 g/mol.